The first-order valence-electron chi connectivity index (χ1n) is 7.22. The monoisotopic (exact) mass is 317 g/mol. The maximum absolute atomic E-state index is 12.0. The van der Waals surface area contributed by atoms with Crippen LogP contribution in [-0.2, 0) is 0 Å². The van der Waals surface area contributed by atoms with E-state index < -0.39 is 5.63 Å². The fraction of sp³-hybridized carbons (Fsp3) is 0. The highest BCUT2D eigenvalue weighted by molar-refractivity contribution is 5.94. The Balaban J connectivity index is 1.80. The van der Waals surface area contributed by atoms with Crippen LogP contribution >= 0.6 is 0 Å². The summed E-state index contributed by atoms with van der Waals surface area (Å²) >= 11 is 0. The topological polar surface area (TPSA) is 88.6 Å². The van der Waals surface area contributed by atoms with Crippen molar-refractivity contribution in [3.8, 4) is 5.75 Å². The summed E-state index contributed by atoms with van der Waals surface area (Å²) in [6.07, 6.45) is 4.51. The first-order valence-corrected chi connectivity index (χ1v) is 7.22. The molecule has 4 rings (SSSR count). The van der Waals surface area contributed by atoms with E-state index in [9.17, 15) is 9.90 Å². The Labute approximate surface area is 135 Å². The van der Waals surface area contributed by atoms with Crippen LogP contribution in [0.15, 0.2) is 69.1 Å². The highest BCUT2D eigenvalue weighted by atomic mass is 16.4. The van der Waals surface area contributed by atoms with E-state index in [1.54, 1.807) is 54.9 Å². The van der Waals surface area contributed by atoms with Crippen molar-refractivity contribution in [1.82, 2.24) is 9.97 Å². The van der Waals surface area contributed by atoms with Crippen LogP contribution in [0.2, 0.25) is 0 Å². The first-order chi connectivity index (χ1) is 11.7. The Morgan fingerprint density at radius 3 is 2.71 bits per heavy atom. The zero-order valence-corrected chi connectivity index (χ0v) is 12.4. The number of para-hydroxylation sites is 1. The van der Waals surface area contributed by atoms with E-state index in [2.05, 4.69) is 15.0 Å². The van der Waals surface area contributed by atoms with Crippen molar-refractivity contribution in [2.45, 2.75) is 0 Å². The predicted octanol–water partition coefficient (Wildman–Crippen LogP) is 3.19. The van der Waals surface area contributed by atoms with Gasteiger partial charge in [0.1, 0.15) is 16.9 Å². The lowest BCUT2D eigenvalue weighted by molar-refractivity contribution is 0.466. The number of aliphatic imine (C=N–C) groups is 1. The molecular weight excluding hydrogens is 306 g/mol. The largest absolute Gasteiger partial charge is 0.506 e. The summed E-state index contributed by atoms with van der Waals surface area (Å²) in [7, 11) is 0. The second-order valence-corrected chi connectivity index (χ2v) is 5.14. The molecule has 1 N–H and O–H groups in total. The molecule has 6 heteroatoms. The molecular formula is C18H11N3O3. The predicted molar refractivity (Wildman–Crippen MR) is 90.9 cm³/mol. The van der Waals surface area contributed by atoms with E-state index in [1.807, 2.05) is 0 Å². The van der Waals surface area contributed by atoms with Crippen LogP contribution in [-0.4, -0.2) is 21.3 Å². The van der Waals surface area contributed by atoms with Gasteiger partial charge in [-0.05, 0) is 30.3 Å². The molecule has 0 aliphatic carbocycles. The van der Waals surface area contributed by atoms with Crippen LogP contribution in [0.1, 0.15) is 5.56 Å². The molecule has 2 aromatic heterocycles. The summed E-state index contributed by atoms with van der Waals surface area (Å²) in [5.41, 5.74) is 1.74. The van der Waals surface area contributed by atoms with Crippen molar-refractivity contribution < 1.29 is 9.52 Å². The normalized spacial score (nSPS) is 11.5. The quantitative estimate of drug-likeness (QED) is 0.453. The molecule has 0 saturated carbocycles. The molecule has 0 aliphatic heterocycles. The van der Waals surface area contributed by atoms with Gasteiger partial charge in [-0.2, -0.15) is 0 Å². The molecule has 116 valence electrons. The minimum Gasteiger partial charge on any atom is -0.506 e. The van der Waals surface area contributed by atoms with Gasteiger partial charge in [-0.25, -0.2) is 4.79 Å². The van der Waals surface area contributed by atoms with Gasteiger partial charge in [-0.1, -0.05) is 12.1 Å². The van der Waals surface area contributed by atoms with Gasteiger partial charge >= 0.3 is 5.63 Å². The number of benzene rings is 2. The van der Waals surface area contributed by atoms with Crippen molar-refractivity contribution in [3.63, 3.8) is 0 Å². The summed E-state index contributed by atoms with van der Waals surface area (Å²) in [6.45, 7) is 0. The number of aromatic hydroxyl groups is 1. The van der Waals surface area contributed by atoms with Crippen molar-refractivity contribution in [3.05, 3.63) is 70.8 Å². The zero-order valence-electron chi connectivity index (χ0n) is 12.4. The van der Waals surface area contributed by atoms with E-state index in [0.29, 0.717) is 22.2 Å². The van der Waals surface area contributed by atoms with Gasteiger partial charge < -0.3 is 9.52 Å². The molecule has 6 nitrogen and oxygen atoms in total. The van der Waals surface area contributed by atoms with Gasteiger partial charge in [0.2, 0.25) is 0 Å². The molecule has 0 amide bonds. The number of hydrogen-bond acceptors (Lipinski definition) is 6. The lowest BCUT2D eigenvalue weighted by Gasteiger charge is -2.02. The van der Waals surface area contributed by atoms with Crippen LogP contribution in [0.4, 0.5) is 5.69 Å². The molecule has 0 aliphatic rings. The molecule has 24 heavy (non-hydrogen) atoms. The third kappa shape index (κ3) is 2.40. The van der Waals surface area contributed by atoms with Gasteiger partial charge in [0, 0.05) is 18.6 Å². The number of nitrogens with zero attached hydrogens (tertiary/aromatic N) is 3. The lowest BCUT2D eigenvalue weighted by atomic mass is 10.1. The van der Waals surface area contributed by atoms with E-state index >= 15 is 0 Å². The maximum atomic E-state index is 12.0. The molecule has 0 fully saturated rings. The first kappa shape index (κ1) is 14.1. The van der Waals surface area contributed by atoms with Gasteiger partial charge in [0.15, 0.2) is 0 Å². The second kappa shape index (κ2) is 5.58. The fourth-order valence-electron chi connectivity index (χ4n) is 2.43. The summed E-state index contributed by atoms with van der Waals surface area (Å²) in [5, 5.41) is 10.8. The third-order valence-corrected chi connectivity index (χ3v) is 3.62. The molecule has 0 atom stereocenters. The second-order valence-electron chi connectivity index (χ2n) is 5.14. The Morgan fingerprint density at radius 2 is 1.83 bits per heavy atom. The van der Waals surface area contributed by atoms with Crippen molar-refractivity contribution in [1.29, 1.82) is 0 Å². The van der Waals surface area contributed by atoms with E-state index in [4.69, 9.17) is 4.42 Å². The fourth-order valence-corrected chi connectivity index (χ4v) is 2.43. The Morgan fingerprint density at radius 1 is 1.04 bits per heavy atom. The van der Waals surface area contributed by atoms with Crippen LogP contribution in [0.25, 0.3) is 22.0 Å². The van der Waals surface area contributed by atoms with E-state index in [0.717, 1.165) is 5.52 Å². The Kier molecular flexibility index (Phi) is 3.28. The summed E-state index contributed by atoms with van der Waals surface area (Å²) in [6, 6.07) is 12.1. The van der Waals surface area contributed by atoms with Gasteiger partial charge in [0.05, 0.1) is 22.1 Å². The highest BCUT2D eigenvalue weighted by Gasteiger charge is 2.11. The molecule has 0 radical (unpaired) electrons. The van der Waals surface area contributed by atoms with E-state index in [-0.39, 0.29) is 11.3 Å². The van der Waals surface area contributed by atoms with Crippen LogP contribution < -0.4 is 5.63 Å². The molecule has 2 aromatic carbocycles. The number of rotatable bonds is 2. The average Bonchev–Trinajstić information content (AvgIpc) is 2.61. The van der Waals surface area contributed by atoms with Gasteiger partial charge in [0.25, 0.3) is 0 Å². The smallest absolute Gasteiger partial charge is 0.348 e. The number of aromatic nitrogens is 2. The lowest BCUT2D eigenvalue weighted by Crippen LogP contribution is -2.06. The standard InChI is InChI=1S/C18H11N3O3/c22-17-12-3-1-2-4-16(12)24-18(23)13(17)10-21-11-5-6-14-15(9-11)20-8-7-19-14/h1-10,22H. The number of fused-ring (bicyclic) bond motifs is 2. The van der Waals surface area contributed by atoms with Crippen LogP contribution in [0, 0.1) is 0 Å². The summed E-state index contributed by atoms with van der Waals surface area (Å²) in [4.78, 5) is 24.7. The molecule has 0 unspecified atom stereocenters. The minimum atomic E-state index is -0.643. The molecule has 0 saturated heterocycles. The summed E-state index contributed by atoms with van der Waals surface area (Å²) < 4.78 is 5.20. The molecule has 0 bridgehead atoms. The summed E-state index contributed by atoms with van der Waals surface area (Å²) in [5.74, 6) is -0.147. The zero-order chi connectivity index (χ0) is 16.5. The highest BCUT2D eigenvalue weighted by Crippen LogP contribution is 2.25. The van der Waals surface area contributed by atoms with Crippen LogP contribution in [0.3, 0.4) is 0 Å². The molecule has 0 spiro atoms. The van der Waals surface area contributed by atoms with Crippen molar-refractivity contribution in [2.75, 3.05) is 0 Å². The SMILES string of the molecule is O=c1oc2ccccc2c(O)c1C=Nc1ccc2nccnc2c1. The van der Waals surface area contributed by atoms with Crippen molar-refractivity contribution in [2.24, 2.45) is 4.99 Å². The Hall–Kier alpha value is -3.54. The number of hydrogen-bond donors (Lipinski definition) is 1. The van der Waals surface area contributed by atoms with Crippen LogP contribution in [0.5, 0.6) is 5.75 Å². The third-order valence-electron chi connectivity index (χ3n) is 3.62. The molecule has 4 aromatic rings. The van der Waals surface area contributed by atoms with Crippen molar-refractivity contribution >= 4 is 33.9 Å². The minimum absolute atomic E-state index is 0.00735. The van der Waals surface area contributed by atoms with E-state index in [1.165, 1.54) is 6.21 Å². The van der Waals surface area contributed by atoms with Gasteiger partial charge in [-0.15, -0.1) is 0 Å². The molecule has 2 heterocycles. The average molecular weight is 317 g/mol. The van der Waals surface area contributed by atoms with Gasteiger partial charge in [-0.3, -0.25) is 15.0 Å². The Bertz CT molecular complexity index is 1150. The maximum Gasteiger partial charge on any atom is 0.348 e.